The lowest BCUT2D eigenvalue weighted by atomic mass is 10.1. The Labute approximate surface area is 141 Å². The van der Waals surface area contributed by atoms with Crippen LogP contribution in [0.4, 0.5) is 17.1 Å². The van der Waals surface area contributed by atoms with Crippen LogP contribution in [-0.2, 0) is 0 Å². The van der Waals surface area contributed by atoms with Gasteiger partial charge in [-0.2, -0.15) is 0 Å². The molecule has 3 rings (SSSR count). The Kier molecular flexibility index (Phi) is 4.18. The molecule has 1 aliphatic heterocycles. The highest BCUT2D eigenvalue weighted by Crippen LogP contribution is 2.44. The molecule has 0 atom stereocenters. The topological polar surface area (TPSA) is 88.0 Å². The molecule has 0 unspecified atom stereocenters. The molecule has 0 saturated carbocycles. The van der Waals surface area contributed by atoms with Gasteiger partial charge in [-0.25, -0.2) is 9.64 Å². The number of nitrogens with zero attached hydrogens (tertiary/aromatic N) is 3. The highest BCUT2D eigenvalue weighted by atomic mass is 32.1. The number of nitro groups is 1. The molecule has 1 saturated heterocycles. The number of carboxylic acids is 1. The molecule has 0 radical (unpaired) electrons. The fourth-order valence-corrected chi connectivity index (χ4v) is 3.68. The van der Waals surface area contributed by atoms with Crippen molar-refractivity contribution in [1.29, 1.82) is 0 Å². The first kappa shape index (κ1) is 16.0. The Hall–Kier alpha value is -2.92. The number of carbonyl (C=O) groups is 1. The summed E-state index contributed by atoms with van der Waals surface area (Å²) < 4.78 is 0. The number of carboxylic acid groups (broad SMARTS) is 1. The molecular weight excluding hydrogens is 330 g/mol. The maximum atomic E-state index is 11.5. The van der Waals surface area contributed by atoms with E-state index in [-0.39, 0.29) is 16.3 Å². The van der Waals surface area contributed by atoms with Crippen LogP contribution in [0.25, 0.3) is 15.3 Å². The number of nitro benzene ring substituents is 1. The number of anilines is 1. The number of benzene rings is 1. The number of rotatable bonds is 4. The van der Waals surface area contributed by atoms with E-state index < -0.39 is 10.9 Å². The van der Waals surface area contributed by atoms with E-state index in [1.54, 1.807) is 12.1 Å². The van der Waals surface area contributed by atoms with Crippen molar-refractivity contribution in [2.24, 2.45) is 0 Å². The standard InChI is InChI=1S/C16H13N3O4S/c1-17-11-8-10(13-4-5-14(24-13)16(20)21)9-12(19(22)23)15(11)18-6-2-3-7-18/h4-5,8-9H,2-3,6-7H2,(H,20,21). The molecule has 8 heteroatoms. The van der Waals surface area contributed by atoms with Crippen LogP contribution in [0, 0.1) is 16.7 Å². The second-order valence-electron chi connectivity index (χ2n) is 5.40. The summed E-state index contributed by atoms with van der Waals surface area (Å²) in [7, 11) is 0. The van der Waals surface area contributed by atoms with Crippen molar-refractivity contribution in [3.05, 3.63) is 50.7 Å². The normalized spacial score (nSPS) is 13.7. The molecule has 2 heterocycles. The first-order valence-electron chi connectivity index (χ1n) is 7.29. The average molecular weight is 343 g/mol. The van der Waals surface area contributed by atoms with Crippen LogP contribution < -0.4 is 4.90 Å². The van der Waals surface area contributed by atoms with Gasteiger partial charge in [0.2, 0.25) is 5.69 Å². The molecule has 1 fully saturated rings. The molecule has 7 nitrogen and oxygen atoms in total. The number of hydrogen-bond acceptors (Lipinski definition) is 5. The zero-order chi connectivity index (χ0) is 17.3. The summed E-state index contributed by atoms with van der Waals surface area (Å²) in [6.45, 7) is 8.80. The Morgan fingerprint density at radius 3 is 2.58 bits per heavy atom. The van der Waals surface area contributed by atoms with Gasteiger partial charge < -0.3 is 10.0 Å². The van der Waals surface area contributed by atoms with E-state index in [1.165, 1.54) is 12.1 Å². The van der Waals surface area contributed by atoms with E-state index in [0.29, 0.717) is 29.2 Å². The predicted octanol–water partition coefficient (Wildman–Crippen LogP) is 4.17. The summed E-state index contributed by atoms with van der Waals surface area (Å²) in [5, 5.41) is 20.6. The monoisotopic (exact) mass is 343 g/mol. The number of thiophene rings is 1. The zero-order valence-electron chi connectivity index (χ0n) is 12.6. The molecule has 1 aromatic carbocycles. The van der Waals surface area contributed by atoms with Crippen molar-refractivity contribution < 1.29 is 14.8 Å². The Morgan fingerprint density at radius 1 is 1.33 bits per heavy atom. The van der Waals surface area contributed by atoms with Gasteiger partial charge in [-0.15, -0.1) is 11.3 Å². The predicted molar refractivity (Wildman–Crippen MR) is 91.1 cm³/mol. The maximum absolute atomic E-state index is 11.5. The highest BCUT2D eigenvalue weighted by molar-refractivity contribution is 7.17. The van der Waals surface area contributed by atoms with Gasteiger partial charge >= 0.3 is 5.97 Å². The third-order valence-corrected chi connectivity index (χ3v) is 5.03. The summed E-state index contributed by atoms with van der Waals surface area (Å²) in [6, 6.07) is 6.10. The van der Waals surface area contributed by atoms with Crippen molar-refractivity contribution in [2.45, 2.75) is 12.8 Å². The molecule has 122 valence electrons. The second kappa shape index (κ2) is 6.29. The second-order valence-corrected chi connectivity index (χ2v) is 6.48. The lowest BCUT2D eigenvalue weighted by molar-refractivity contribution is -0.384. The van der Waals surface area contributed by atoms with E-state index in [2.05, 4.69) is 4.85 Å². The summed E-state index contributed by atoms with van der Waals surface area (Å²) >= 11 is 1.03. The Bertz CT molecular complexity index is 863. The first-order valence-corrected chi connectivity index (χ1v) is 8.11. The van der Waals surface area contributed by atoms with Gasteiger partial charge in [0.25, 0.3) is 5.69 Å². The van der Waals surface area contributed by atoms with Gasteiger partial charge in [0, 0.05) is 24.0 Å². The minimum Gasteiger partial charge on any atom is -0.477 e. The molecule has 1 N–H and O–H groups in total. The van der Waals surface area contributed by atoms with Crippen LogP contribution in [0.5, 0.6) is 0 Å². The minimum atomic E-state index is -1.04. The maximum Gasteiger partial charge on any atom is 0.345 e. The van der Waals surface area contributed by atoms with E-state index >= 15 is 0 Å². The molecule has 0 bridgehead atoms. The smallest absolute Gasteiger partial charge is 0.345 e. The van der Waals surface area contributed by atoms with E-state index in [0.717, 1.165) is 24.2 Å². The van der Waals surface area contributed by atoms with E-state index in [9.17, 15) is 14.9 Å². The molecule has 24 heavy (non-hydrogen) atoms. The molecule has 1 aromatic heterocycles. The van der Waals surface area contributed by atoms with Gasteiger partial charge in [-0.3, -0.25) is 10.1 Å². The van der Waals surface area contributed by atoms with Crippen molar-refractivity contribution in [1.82, 2.24) is 0 Å². The molecular formula is C16H13N3O4S. The van der Waals surface area contributed by atoms with Crippen molar-refractivity contribution >= 4 is 34.4 Å². The van der Waals surface area contributed by atoms with Crippen molar-refractivity contribution in [3.63, 3.8) is 0 Å². The summed E-state index contributed by atoms with van der Waals surface area (Å²) in [5.74, 6) is -1.04. The molecule has 0 aliphatic carbocycles. The molecule has 1 aliphatic rings. The van der Waals surface area contributed by atoms with Gasteiger partial charge in [0.1, 0.15) is 10.6 Å². The average Bonchev–Trinajstić information content (AvgIpc) is 3.24. The van der Waals surface area contributed by atoms with Gasteiger partial charge in [-0.05, 0) is 36.6 Å². The van der Waals surface area contributed by atoms with Crippen LogP contribution in [0.2, 0.25) is 0 Å². The zero-order valence-corrected chi connectivity index (χ0v) is 13.4. The fraction of sp³-hybridized carbons (Fsp3) is 0.250. The van der Waals surface area contributed by atoms with Crippen LogP contribution in [0.1, 0.15) is 22.5 Å². The Balaban J connectivity index is 2.15. The van der Waals surface area contributed by atoms with Crippen molar-refractivity contribution in [2.75, 3.05) is 18.0 Å². The summed E-state index contributed by atoms with van der Waals surface area (Å²) in [5.41, 5.74) is 0.983. The van der Waals surface area contributed by atoms with Gasteiger partial charge in [0.15, 0.2) is 0 Å². The van der Waals surface area contributed by atoms with Crippen LogP contribution in [0.15, 0.2) is 24.3 Å². The Morgan fingerprint density at radius 2 is 2.04 bits per heavy atom. The number of hydrogen-bond donors (Lipinski definition) is 1. The van der Waals surface area contributed by atoms with E-state index in [4.69, 9.17) is 11.7 Å². The van der Waals surface area contributed by atoms with Gasteiger partial charge in [0.05, 0.1) is 11.5 Å². The quantitative estimate of drug-likeness (QED) is 0.511. The molecule has 0 spiro atoms. The minimum absolute atomic E-state index is 0.106. The molecule has 2 aromatic rings. The lowest BCUT2D eigenvalue weighted by Gasteiger charge is -2.19. The highest BCUT2D eigenvalue weighted by Gasteiger charge is 2.27. The third kappa shape index (κ3) is 2.81. The summed E-state index contributed by atoms with van der Waals surface area (Å²) in [4.78, 5) is 28.2. The third-order valence-electron chi connectivity index (χ3n) is 3.91. The number of aromatic carboxylic acids is 1. The van der Waals surface area contributed by atoms with Crippen molar-refractivity contribution in [3.8, 4) is 10.4 Å². The largest absolute Gasteiger partial charge is 0.477 e. The van der Waals surface area contributed by atoms with Gasteiger partial charge in [-0.1, -0.05) is 0 Å². The van der Waals surface area contributed by atoms with Crippen LogP contribution in [0.3, 0.4) is 0 Å². The lowest BCUT2D eigenvalue weighted by Crippen LogP contribution is -2.19. The fourth-order valence-electron chi connectivity index (χ4n) is 2.84. The molecule has 0 amide bonds. The van der Waals surface area contributed by atoms with Crippen LogP contribution in [-0.4, -0.2) is 29.1 Å². The SMILES string of the molecule is [C-]#[N+]c1cc(-c2ccc(C(=O)O)s2)cc([N+](=O)[O-])c1N1CCCC1. The van der Waals surface area contributed by atoms with Crippen LogP contribution >= 0.6 is 11.3 Å². The summed E-state index contributed by atoms with van der Waals surface area (Å²) in [6.07, 6.45) is 1.90. The van der Waals surface area contributed by atoms with E-state index in [1.807, 2.05) is 4.90 Å². The first-order chi connectivity index (χ1) is 11.5.